The molecule has 0 radical (unpaired) electrons. The molecule has 0 aromatic heterocycles. The standard InChI is InChI=1S/C27H34O14/c1-11-18(29)20(31)22(33)26(38-11)40-15-7-5-4-6-13(15)10-37-25(35)17-16(9-8-14(28)24(17)36-3)41-27-23(34)21(32)19(30)12(2)39-27/h4-9,11-12,18-23,26-34H,10H2,1-3H3/t11-,12-,18-,19-,20+,21+,22+,23+,26-,27-/m0/s1. The van der Waals surface area contributed by atoms with Gasteiger partial charge in [0.25, 0.3) is 0 Å². The maximum absolute atomic E-state index is 13.3. The number of hydrogen-bond donors (Lipinski definition) is 7. The number of rotatable bonds is 8. The fourth-order valence-electron chi connectivity index (χ4n) is 4.48. The number of methoxy groups -OCH3 is 1. The van der Waals surface area contributed by atoms with Gasteiger partial charge in [0.15, 0.2) is 11.5 Å². The molecular formula is C27H34O14. The summed E-state index contributed by atoms with van der Waals surface area (Å²) in [4.78, 5) is 13.3. The number of esters is 1. The Kier molecular flexibility index (Phi) is 9.56. The van der Waals surface area contributed by atoms with Gasteiger partial charge >= 0.3 is 5.97 Å². The lowest BCUT2D eigenvalue weighted by atomic mass is 10.00. The minimum absolute atomic E-state index is 0.153. The van der Waals surface area contributed by atoms with Crippen LogP contribution in [0.3, 0.4) is 0 Å². The number of phenolic OH excluding ortho intramolecular Hbond substituents is 1. The summed E-state index contributed by atoms with van der Waals surface area (Å²) < 4.78 is 33.0. The highest BCUT2D eigenvalue weighted by Crippen LogP contribution is 2.39. The molecule has 4 rings (SSSR count). The predicted octanol–water partition coefficient (Wildman–Crippen LogP) is -0.830. The van der Waals surface area contributed by atoms with E-state index in [4.69, 9.17) is 28.4 Å². The number of aliphatic hydroxyl groups excluding tert-OH is 6. The van der Waals surface area contributed by atoms with Gasteiger partial charge in [-0.25, -0.2) is 4.79 Å². The molecule has 14 nitrogen and oxygen atoms in total. The second-order valence-electron chi connectivity index (χ2n) is 9.77. The summed E-state index contributed by atoms with van der Waals surface area (Å²) in [6.07, 6.45) is -13.6. The van der Waals surface area contributed by atoms with E-state index in [9.17, 15) is 40.5 Å². The van der Waals surface area contributed by atoms with Crippen molar-refractivity contribution < 1.29 is 69.0 Å². The third-order valence-electron chi connectivity index (χ3n) is 6.94. The van der Waals surface area contributed by atoms with Gasteiger partial charge in [0.1, 0.15) is 60.3 Å². The molecule has 0 bridgehead atoms. The molecule has 226 valence electrons. The van der Waals surface area contributed by atoms with Crippen molar-refractivity contribution in [2.45, 2.75) is 81.9 Å². The quantitative estimate of drug-likeness (QED) is 0.189. The number of benzene rings is 2. The first kappa shape index (κ1) is 30.7. The summed E-state index contributed by atoms with van der Waals surface area (Å²) in [6.45, 7) is 2.59. The molecule has 0 unspecified atom stereocenters. The Morgan fingerprint density at radius 3 is 1.85 bits per heavy atom. The predicted molar refractivity (Wildman–Crippen MR) is 136 cm³/mol. The van der Waals surface area contributed by atoms with E-state index in [-0.39, 0.29) is 29.4 Å². The van der Waals surface area contributed by atoms with Crippen LogP contribution in [-0.2, 0) is 20.8 Å². The monoisotopic (exact) mass is 582 g/mol. The van der Waals surface area contributed by atoms with Crippen molar-refractivity contribution in [2.75, 3.05) is 7.11 Å². The Hall–Kier alpha value is -3.21. The Balaban J connectivity index is 1.53. The molecule has 0 saturated carbocycles. The van der Waals surface area contributed by atoms with E-state index in [0.717, 1.165) is 0 Å². The zero-order chi connectivity index (χ0) is 30.0. The first-order valence-electron chi connectivity index (χ1n) is 12.8. The number of para-hydroxylation sites is 1. The molecule has 2 heterocycles. The molecule has 2 fully saturated rings. The first-order chi connectivity index (χ1) is 19.4. The van der Waals surface area contributed by atoms with Crippen LogP contribution in [0, 0.1) is 0 Å². The van der Waals surface area contributed by atoms with Crippen LogP contribution in [0.15, 0.2) is 36.4 Å². The maximum atomic E-state index is 13.3. The Bertz CT molecular complexity index is 1210. The van der Waals surface area contributed by atoms with E-state index in [1.165, 1.54) is 39.2 Å². The van der Waals surface area contributed by atoms with Crippen LogP contribution in [0.1, 0.15) is 29.8 Å². The van der Waals surface area contributed by atoms with Crippen molar-refractivity contribution >= 4 is 5.97 Å². The van der Waals surface area contributed by atoms with Crippen LogP contribution >= 0.6 is 0 Å². The molecule has 0 amide bonds. The molecule has 10 atom stereocenters. The summed E-state index contributed by atoms with van der Waals surface area (Å²) in [5.41, 5.74) is -0.0181. The summed E-state index contributed by atoms with van der Waals surface area (Å²) >= 11 is 0. The second-order valence-corrected chi connectivity index (χ2v) is 9.77. The van der Waals surface area contributed by atoms with Gasteiger partial charge in [-0.3, -0.25) is 0 Å². The van der Waals surface area contributed by atoms with Crippen LogP contribution in [0.2, 0.25) is 0 Å². The number of carbonyl (C=O) groups is 1. The highest BCUT2D eigenvalue weighted by Gasteiger charge is 2.44. The number of aliphatic hydroxyl groups is 6. The van der Waals surface area contributed by atoms with Gasteiger partial charge in [-0.05, 0) is 32.0 Å². The van der Waals surface area contributed by atoms with Crippen molar-refractivity contribution in [3.63, 3.8) is 0 Å². The number of hydrogen-bond acceptors (Lipinski definition) is 14. The van der Waals surface area contributed by atoms with Crippen LogP contribution in [-0.4, -0.2) is 110 Å². The second kappa shape index (κ2) is 12.8. The average Bonchev–Trinajstić information content (AvgIpc) is 2.96. The van der Waals surface area contributed by atoms with E-state index in [1.807, 2.05) is 0 Å². The van der Waals surface area contributed by atoms with Crippen LogP contribution < -0.4 is 14.2 Å². The normalized spacial score (nSPS) is 33.6. The van der Waals surface area contributed by atoms with Crippen LogP contribution in [0.25, 0.3) is 0 Å². The Labute approximate surface area is 234 Å². The molecule has 0 spiro atoms. The highest BCUT2D eigenvalue weighted by atomic mass is 16.7. The topological polar surface area (TPSA) is 214 Å². The number of ether oxygens (including phenoxy) is 6. The van der Waals surface area contributed by atoms with Gasteiger partial charge in [0, 0.05) is 5.56 Å². The number of phenols is 1. The molecule has 2 aliphatic heterocycles. The fraction of sp³-hybridized carbons (Fsp3) is 0.519. The number of aromatic hydroxyl groups is 1. The Morgan fingerprint density at radius 2 is 1.29 bits per heavy atom. The summed E-state index contributed by atoms with van der Waals surface area (Å²) in [5, 5.41) is 71.0. The van der Waals surface area contributed by atoms with E-state index >= 15 is 0 Å². The van der Waals surface area contributed by atoms with Gasteiger partial charge in [-0.2, -0.15) is 0 Å². The third kappa shape index (κ3) is 6.34. The van der Waals surface area contributed by atoms with Gasteiger partial charge in [0.05, 0.1) is 19.3 Å². The van der Waals surface area contributed by atoms with Crippen molar-refractivity contribution in [3.05, 3.63) is 47.5 Å². The van der Waals surface area contributed by atoms with Crippen molar-refractivity contribution in [1.82, 2.24) is 0 Å². The average molecular weight is 583 g/mol. The summed E-state index contributed by atoms with van der Waals surface area (Å²) in [5.74, 6) is -1.78. The molecule has 41 heavy (non-hydrogen) atoms. The van der Waals surface area contributed by atoms with Crippen LogP contribution in [0.4, 0.5) is 0 Å². The summed E-state index contributed by atoms with van der Waals surface area (Å²) in [6, 6.07) is 8.75. The largest absolute Gasteiger partial charge is 0.504 e. The lowest BCUT2D eigenvalue weighted by Crippen LogP contribution is -2.58. The van der Waals surface area contributed by atoms with E-state index in [2.05, 4.69) is 0 Å². The van der Waals surface area contributed by atoms with Gasteiger partial charge in [-0.15, -0.1) is 0 Å². The Morgan fingerprint density at radius 1 is 0.756 bits per heavy atom. The van der Waals surface area contributed by atoms with E-state index in [1.54, 1.807) is 18.2 Å². The maximum Gasteiger partial charge on any atom is 0.346 e. The summed E-state index contributed by atoms with van der Waals surface area (Å²) in [7, 11) is 1.20. The van der Waals surface area contributed by atoms with E-state index < -0.39 is 73.1 Å². The molecule has 0 aliphatic carbocycles. The van der Waals surface area contributed by atoms with Gasteiger partial charge in [0.2, 0.25) is 12.6 Å². The fourth-order valence-corrected chi connectivity index (χ4v) is 4.48. The minimum Gasteiger partial charge on any atom is -0.504 e. The lowest BCUT2D eigenvalue weighted by molar-refractivity contribution is -0.268. The molecule has 2 saturated heterocycles. The molecule has 2 aromatic rings. The molecular weight excluding hydrogens is 548 g/mol. The first-order valence-corrected chi connectivity index (χ1v) is 12.8. The van der Waals surface area contributed by atoms with Gasteiger partial charge in [-0.1, -0.05) is 18.2 Å². The zero-order valence-electron chi connectivity index (χ0n) is 22.4. The third-order valence-corrected chi connectivity index (χ3v) is 6.94. The molecule has 14 heteroatoms. The lowest BCUT2D eigenvalue weighted by Gasteiger charge is -2.39. The molecule has 7 N–H and O–H groups in total. The SMILES string of the molecule is COc1c(O)ccc(O[C@@H]2O[C@@H](C)[C@H](O)[C@@H](O)[C@H]2O)c1C(=O)OCc1ccccc1O[C@@H]1O[C@@H](C)[C@H](O)[C@@H](O)[C@H]1O. The van der Waals surface area contributed by atoms with E-state index in [0.29, 0.717) is 5.56 Å². The number of carbonyl (C=O) groups excluding carboxylic acids is 1. The smallest absolute Gasteiger partial charge is 0.346 e. The van der Waals surface area contributed by atoms with Crippen LogP contribution in [0.5, 0.6) is 23.0 Å². The van der Waals surface area contributed by atoms with Crippen molar-refractivity contribution in [2.24, 2.45) is 0 Å². The molecule has 2 aromatic carbocycles. The molecule has 2 aliphatic rings. The zero-order valence-corrected chi connectivity index (χ0v) is 22.4. The highest BCUT2D eigenvalue weighted by molar-refractivity contribution is 5.96. The van der Waals surface area contributed by atoms with Crippen molar-refractivity contribution in [1.29, 1.82) is 0 Å². The van der Waals surface area contributed by atoms with Gasteiger partial charge < -0.3 is 64.2 Å². The van der Waals surface area contributed by atoms with Crippen molar-refractivity contribution in [3.8, 4) is 23.0 Å². The minimum atomic E-state index is -1.67.